The summed E-state index contributed by atoms with van der Waals surface area (Å²) >= 11 is 3.47. The summed E-state index contributed by atoms with van der Waals surface area (Å²) in [5.41, 5.74) is 3.35. The van der Waals surface area contributed by atoms with Gasteiger partial charge in [-0.05, 0) is 37.1 Å². The van der Waals surface area contributed by atoms with Crippen molar-refractivity contribution in [2.24, 2.45) is 7.05 Å². The quantitative estimate of drug-likeness (QED) is 0.232. The van der Waals surface area contributed by atoms with E-state index < -0.39 is 17.7 Å². The van der Waals surface area contributed by atoms with Gasteiger partial charge in [-0.2, -0.15) is 0 Å². The van der Waals surface area contributed by atoms with Crippen LogP contribution in [-0.4, -0.2) is 46.5 Å². The predicted octanol–water partition coefficient (Wildman–Crippen LogP) is 4.71. The van der Waals surface area contributed by atoms with E-state index in [2.05, 4.69) is 15.9 Å². The zero-order valence-corrected chi connectivity index (χ0v) is 19.8. The smallest absolute Gasteiger partial charge is 0.295 e. The van der Waals surface area contributed by atoms with Gasteiger partial charge in [0, 0.05) is 60.0 Å². The van der Waals surface area contributed by atoms with Crippen molar-refractivity contribution in [1.29, 1.82) is 0 Å². The molecule has 1 saturated heterocycles. The Morgan fingerprint density at radius 2 is 1.94 bits per heavy atom. The number of aryl methyl sites for hydroxylation is 2. The van der Waals surface area contributed by atoms with Crippen LogP contribution >= 0.6 is 15.9 Å². The fourth-order valence-electron chi connectivity index (χ4n) is 4.35. The highest BCUT2D eigenvalue weighted by Crippen LogP contribution is 2.42. The molecule has 7 heteroatoms. The first-order valence-corrected chi connectivity index (χ1v) is 11.2. The van der Waals surface area contributed by atoms with Crippen LogP contribution in [0.25, 0.3) is 16.7 Å². The molecule has 1 fully saturated rings. The van der Waals surface area contributed by atoms with E-state index in [0.29, 0.717) is 25.1 Å². The third-order valence-corrected chi connectivity index (χ3v) is 6.83. The Morgan fingerprint density at radius 1 is 1.19 bits per heavy atom. The molecule has 166 valence electrons. The summed E-state index contributed by atoms with van der Waals surface area (Å²) in [5, 5.41) is 12.2. The SMILES string of the molecule is COCCCN1C(=O)C(=O)/C(=C(/O)c2ccc(Br)c(C)c2)C1c1cn(C)c2ccccc12. The molecule has 0 spiro atoms. The number of benzene rings is 2. The van der Waals surface area contributed by atoms with Gasteiger partial charge >= 0.3 is 0 Å². The lowest BCUT2D eigenvalue weighted by Crippen LogP contribution is -2.31. The van der Waals surface area contributed by atoms with E-state index in [1.807, 2.05) is 55.1 Å². The minimum Gasteiger partial charge on any atom is -0.507 e. The second-order valence-electron chi connectivity index (χ2n) is 8.02. The lowest BCUT2D eigenvalue weighted by atomic mass is 9.94. The zero-order valence-electron chi connectivity index (χ0n) is 18.3. The monoisotopic (exact) mass is 496 g/mol. The molecule has 6 nitrogen and oxygen atoms in total. The third kappa shape index (κ3) is 3.76. The molecule has 2 heterocycles. The number of methoxy groups -OCH3 is 1. The summed E-state index contributed by atoms with van der Waals surface area (Å²) in [6, 6.07) is 12.5. The molecule has 1 N–H and O–H groups in total. The molecule has 1 aliphatic heterocycles. The largest absolute Gasteiger partial charge is 0.507 e. The number of likely N-dealkylation sites (tertiary alicyclic amines) is 1. The summed E-state index contributed by atoms with van der Waals surface area (Å²) < 4.78 is 8.03. The maximum absolute atomic E-state index is 13.2. The van der Waals surface area contributed by atoms with E-state index in [-0.39, 0.29) is 11.3 Å². The van der Waals surface area contributed by atoms with Crippen LogP contribution in [0.1, 0.15) is 29.2 Å². The van der Waals surface area contributed by atoms with Gasteiger partial charge in [0.2, 0.25) is 0 Å². The Hall–Kier alpha value is -2.90. The highest BCUT2D eigenvalue weighted by atomic mass is 79.9. The molecule has 0 aliphatic carbocycles. The lowest BCUT2D eigenvalue weighted by Gasteiger charge is -2.25. The topological polar surface area (TPSA) is 71.8 Å². The Kier molecular flexibility index (Phi) is 6.22. The van der Waals surface area contributed by atoms with Gasteiger partial charge in [0.1, 0.15) is 5.76 Å². The van der Waals surface area contributed by atoms with Crippen LogP contribution in [-0.2, 0) is 21.4 Å². The first kappa shape index (κ1) is 22.3. The Morgan fingerprint density at radius 3 is 2.66 bits per heavy atom. The summed E-state index contributed by atoms with van der Waals surface area (Å²) in [5.74, 6) is -1.43. The van der Waals surface area contributed by atoms with Crippen molar-refractivity contribution in [2.45, 2.75) is 19.4 Å². The first-order valence-electron chi connectivity index (χ1n) is 10.4. The number of ketones is 1. The number of rotatable bonds is 6. The zero-order chi connectivity index (χ0) is 23.0. The van der Waals surface area contributed by atoms with E-state index in [4.69, 9.17) is 4.74 Å². The number of halogens is 1. The molecule has 32 heavy (non-hydrogen) atoms. The number of aliphatic hydroxyl groups is 1. The molecule has 0 bridgehead atoms. The second-order valence-corrected chi connectivity index (χ2v) is 8.87. The number of carbonyl (C=O) groups excluding carboxylic acids is 2. The van der Waals surface area contributed by atoms with Gasteiger partial charge < -0.3 is 19.3 Å². The molecule has 0 radical (unpaired) electrons. The van der Waals surface area contributed by atoms with Crippen molar-refractivity contribution in [3.63, 3.8) is 0 Å². The van der Waals surface area contributed by atoms with Gasteiger partial charge in [0.15, 0.2) is 0 Å². The average molecular weight is 497 g/mol. The van der Waals surface area contributed by atoms with Crippen molar-refractivity contribution >= 4 is 44.3 Å². The van der Waals surface area contributed by atoms with E-state index >= 15 is 0 Å². The highest BCUT2D eigenvalue weighted by molar-refractivity contribution is 9.10. The number of hydrogen-bond acceptors (Lipinski definition) is 4. The Balaban J connectivity index is 1.93. The summed E-state index contributed by atoms with van der Waals surface area (Å²) in [7, 11) is 3.53. The maximum atomic E-state index is 13.2. The number of para-hydroxylation sites is 1. The van der Waals surface area contributed by atoms with Crippen LogP contribution in [0.15, 0.2) is 58.7 Å². The normalized spacial score (nSPS) is 18.1. The van der Waals surface area contributed by atoms with Gasteiger partial charge in [-0.15, -0.1) is 0 Å². The minimum absolute atomic E-state index is 0.116. The van der Waals surface area contributed by atoms with Gasteiger partial charge in [-0.25, -0.2) is 0 Å². The molecular weight excluding hydrogens is 472 g/mol. The molecule has 1 amide bonds. The van der Waals surface area contributed by atoms with Crippen molar-refractivity contribution in [3.05, 3.63) is 75.4 Å². The molecule has 2 aromatic carbocycles. The fourth-order valence-corrected chi connectivity index (χ4v) is 4.60. The predicted molar refractivity (Wildman–Crippen MR) is 127 cm³/mol. The molecule has 0 saturated carbocycles. The molecule has 1 atom stereocenters. The summed E-state index contributed by atoms with van der Waals surface area (Å²) in [6.45, 7) is 2.73. The van der Waals surface area contributed by atoms with Gasteiger partial charge in [0.25, 0.3) is 11.7 Å². The van der Waals surface area contributed by atoms with Crippen LogP contribution in [0.3, 0.4) is 0 Å². The van der Waals surface area contributed by atoms with Gasteiger partial charge in [-0.1, -0.05) is 40.2 Å². The number of aliphatic hydroxyl groups excluding tert-OH is 1. The van der Waals surface area contributed by atoms with Crippen molar-refractivity contribution in [2.75, 3.05) is 20.3 Å². The number of aromatic nitrogens is 1. The van der Waals surface area contributed by atoms with Crippen LogP contribution in [0.2, 0.25) is 0 Å². The Labute approximate surface area is 195 Å². The van der Waals surface area contributed by atoms with Crippen molar-refractivity contribution < 1.29 is 19.4 Å². The van der Waals surface area contributed by atoms with E-state index in [1.54, 1.807) is 24.1 Å². The minimum atomic E-state index is -0.679. The number of fused-ring (bicyclic) bond motifs is 1. The standard InChI is InChI=1S/C25H25BrN2O4/c1-15-13-16(9-10-19(15)26)23(29)21-22(28(11-6-12-32-3)25(31)24(21)30)18-14-27(2)20-8-5-4-7-17(18)20/h4-5,7-10,13-14,22,29H,6,11-12H2,1-3H3/b23-21+. The van der Waals surface area contributed by atoms with Crippen LogP contribution in [0, 0.1) is 6.92 Å². The lowest BCUT2D eigenvalue weighted by molar-refractivity contribution is -0.140. The second kappa shape index (κ2) is 8.92. The molecule has 4 rings (SSSR count). The average Bonchev–Trinajstić information content (AvgIpc) is 3.24. The van der Waals surface area contributed by atoms with Gasteiger partial charge in [-0.3, -0.25) is 9.59 Å². The number of amides is 1. The van der Waals surface area contributed by atoms with E-state index in [9.17, 15) is 14.7 Å². The van der Waals surface area contributed by atoms with Crippen molar-refractivity contribution in [1.82, 2.24) is 9.47 Å². The molecule has 1 aromatic heterocycles. The fraction of sp³-hybridized carbons (Fsp3) is 0.280. The molecule has 1 unspecified atom stereocenters. The Bertz CT molecular complexity index is 1240. The maximum Gasteiger partial charge on any atom is 0.295 e. The number of Topliss-reactive ketones (excluding diaryl/α,β-unsaturated/α-hetero) is 1. The number of ether oxygens (including phenoxy) is 1. The van der Waals surface area contributed by atoms with Crippen LogP contribution in [0.4, 0.5) is 0 Å². The van der Waals surface area contributed by atoms with Gasteiger partial charge in [0.05, 0.1) is 11.6 Å². The summed E-state index contributed by atoms with van der Waals surface area (Å²) in [6.07, 6.45) is 2.52. The van der Waals surface area contributed by atoms with Crippen molar-refractivity contribution in [3.8, 4) is 0 Å². The number of nitrogens with zero attached hydrogens (tertiary/aromatic N) is 2. The number of hydrogen-bond donors (Lipinski definition) is 1. The molecular formula is C25H25BrN2O4. The third-order valence-electron chi connectivity index (χ3n) is 5.94. The van der Waals surface area contributed by atoms with Crippen LogP contribution < -0.4 is 0 Å². The molecule has 3 aromatic rings. The summed E-state index contributed by atoms with van der Waals surface area (Å²) in [4.78, 5) is 27.8. The van der Waals surface area contributed by atoms with E-state index in [1.165, 1.54) is 0 Å². The van der Waals surface area contributed by atoms with E-state index in [0.717, 1.165) is 26.5 Å². The highest BCUT2D eigenvalue weighted by Gasteiger charge is 2.46. The van der Waals surface area contributed by atoms with Crippen LogP contribution in [0.5, 0.6) is 0 Å². The molecule has 1 aliphatic rings. The first-order chi connectivity index (χ1) is 15.3. The number of carbonyl (C=O) groups is 2.